The van der Waals surface area contributed by atoms with Crippen LogP contribution >= 0.6 is 0 Å². The summed E-state index contributed by atoms with van der Waals surface area (Å²) in [5.74, 6) is 3.47. The standard InChI is InChI=1S/C33H26N2.C30H20N2O.C27H22N2.C24H16N2O/c1-33(2)27-10-4-7-13-31(27)35(32-14-8-5-11-28(32)33)24-18-15-22(16-19-24)23-17-20-30-26(21-23)25-9-3-6-12-29(25)34-30;1-2-8-25-23(7-1)24-19-21(15-18-26(24)31-25)20-13-16-22(17-14-20)32-27-9-3-5-11-29(27)33-30-12-6-4-10-28(30)32;1-27(2)21-10-4-7-13-25(21)29(26-14-8-5-11-22(26)27)18-15-16-24-20(17-18)19-9-3-6-12-23(19)28-24;1-2-8-19-17(7-1)18-15-16(13-14-20(18)25-19)26-21-9-3-5-11-23(21)27-24-12-6-4-10-22(24)26/h3-21,34H,1-2H3;1-19,31H;3-17,28H,1-2H3;1-15,25H. The van der Waals surface area contributed by atoms with Gasteiger partial charge in [0, 0.05) is 121 Å². The summed E-state index contributed by atoms with van der Waals surface area (Å²) >= 11 is 0. The van der Waals surface area contributed by atoms with Crippen molar-refractivity contribution < 1.29 is 9.47 Å². The van der Waals surface area contributed by atoms with Crippen molar-refractivity contribution in [3.63, 3.8) is 0 Å². The number of rotatable bonds is 6. The van der Waals surface area contributed by atoms with Gasteiger partial charge in [0.05, 0.1) is 45.5 Å². The van der Waals surface area contributed by atoms with Crippen LogP contribution in [0.1, 0.15) is 49.9 Å². The lowest BCUT2D eigenvalue weighted by atomic mass is 9.73. The van der Waals surface area contributed by atoms with Crippen LogP contribution in [0.4, 0.5) is 68.2 Å². The summed E-state index contributed by atoms with van der Waals surface area (Å²) in [5.41, 5.74) is 33.4. The molecular formula is C114H84N8O2. The van der Waals surface area contributed by atoms with E-state index in [1.165, 1.54) is 149 Å². The largest absolute Gasteiger partial charge is 0.453 e. The topological polar surface area (TPSA) is 94.6 Å². The summed E-state index contributed by atoms with van der Waals surface area (Å²) in [5, 5.41) is 10.0. The van der Waals surface area contributed by atoms with Crippen LogP contribution in [0.2, 0.25) is 0 Å². The van der Waals surface area contributed by atoms with Crippen LogP contribution in [0.3, 0.4) is 0 Å². The van der Waals surface area contributed by atoms with Gasteiger partial charge in [-0.1, -0.05) is 258 Å². The number of aromatic nitrogens is 4. The summed E-state index contributed by atoms with van der Waals surface area (Å²) in [7, 11) is 0. The third-order valence-electron chi connectivity index (χ3n) is 25.6. The Labute approximate surface area is 718 Å². The van der Waals surface area contributed by atoms with E-state index in [-0.39, 0.29) is 10.8 Å². The fourth-order valence-electron chi connectivity index (χ4n) is 19.5. The third kappa shape index (κ3) is 12.3. The molecule has 0 bridgehead atoms. The maximum atomic E-state index is 6.15. The lowest BCUT2D eigenvalue weighted by Gasteiger charge is -2.42. The van der Waals surface area contributed by atoms with Crippen LogP contribution in [-0.2, 0) is 10.8 Å². The summed E-state index contributed by atoms with van der Waals surface area (Å²) in [6.45, 7) is 9.30. The van der Waals surface area contributed by atoms with Gasteiger partial charge < -0.3 is 49.0 Å². The molecule has 8 heterocycles. The van der Waals surface area contributed by atoms with E-state index in [2.05, 4.69) is 407 Å². The molecule has 10 heteroatoms. The fraction of sp³-hybridized carbons (Fsp3) is 0.0526. The van der Waals surface area contributed by atoms with Gasteiger partial charge in [-0.2, -0.15) is 0 Å². The van der Waals surface area contributed by atoms with E-state index in [0.29, 0.717) is 0 Å². The molecule has 0 saturated heterocycles. The molecule has 592 valence electrons. The number of hydrogen-bond acceptors (Lipinski definition) is 6. The Kier molecular flexibility index (Phi) is 17.4. The lowest BCUT2D eigenvalue weighted by molar-refractivity contribution is 0.477. The SMILES string of the molecule is CC1(C)c2ccccc2N(c2ccc(-c3ccc4[nH]c5ccccc5c4c3)cc2)c2ccccc21.CC1(C)c2ccccc2N(c2ccc3[nH]c4ccccc4c3c2)c2ccccc21.c1ccc2c(c1)Oc1ccccc1N2c1ccc(-c2ccc3[nH]c4ccccc4c3c2)cc1.c1ccc2c(c1)Oc1ccccc1N2c1ccc2[nH]c3ccccc3c2c1. The minimum Gasteiger partial charge on any atom is -0.453 e. The second kappa shape index (κ2) is 29.4. The van der Waals surface area contributed by atoms with Crippen molar-refractivity contribution in [3.05, 3.63) is 435 Å². The van der Waals surface area contributed by atoms with E-state index in [0.717, 1.165) is 73.7 Å². The molecule has 0 fully saturated rings. The molecule has 10 nitrogen and oxygen atoms in total. The number of nitrogens with zero attached hydrogens (tertiary/aromatic N) is 4. The Morgan fingerprint density at radius 1 is 0.177 bits per heavy atom. The Bertz CT molecular complexity index is 7750. The molecule has 124 heavy (non-hydrogen) atoms. The molecule has 18 aromatic carbocycles. The van der Waals surface area contributed by atoms with Gasteiger partial charge in [0.1, 0.15) is 0 Å². The highest BCUT2D eigenvalue weighted by Crippen LogP contribution is 2.57. The first-order chi connectivity index (χ1) is 61.0. The third-order valence-corrected chi connectivity index (χ3v) is 25.6. The summed E-state index contributed by atoms with van der Waals surface area (Å²) < 4.78 is 12.3. The van der Waals surface area contributed by atoms with Gasteiger partial charge in [0.25, 0.3) is 0 Å². The van der Waals surface area contributed by atoms with E-state index < -0.39 is 0 Å². The zero-order valence-corrected chi connectivity index (χ0v) is 68.9. The zero-order valence-electron chi connectivity index (χ0n) is 68.9. The summed E-state index contributed by atoms with van der Waals surface area (Å²) in [6, 6.07) is 146. The Balaban J connectivity index is 0.0000000959. The van der Waals surface area contributed by atoms with Crippen molar-refractivity contribution >= 4 is 155 Å². The molecule has 4 aliphatic heterocycles. The molecular weight excluding hydrogens is 1510 g/mol. The first kappa shape index (κ1) is 73.1. The van der Waals surface area contributed by atoms with E-state index in [9.17, 15) is 0 Å². The minimum atomic E-state index is -0.0433. The molecule has 22 aromatic rings. The number of fused-ring (bicyclic) bond motifs is 20. The minimum absolute atomic E-state index is 0.0332. The van der Waals surface area contributed by atoms with Crippen molar-refractivity contribution in [1.29, 1.82) is 0 Å². The number of anilines is 12. The van der Waals surface area contributed by atoms with Gasteiger partial charge >= 0.3 is 0 Å². The van der Waals surface area contributed by atoms with E-state index in [1.807, 2.05) is 72.8 Å². The Hall–Kier alpha value is -16.0. The number of aromatic amines is 4. The van der Waals surface area contributed by atoms with Crippen molar-refractivity contribution in [2.24, 2.45) is 0 Å². The molecule has 0 spiro atoms. The van der Waals surface area contributed by atoms with Gasteiger partial charge in [0.15, 0.2) is 23.0 Å². The molecule has 4 aliphatic rings. The first-order valence-corrected chi connectivity index (χ1v) is 42.5. The van der Waals surface area contributed by atoms with E-state index in [4.69, 9.17) is 9.47 Å². The normalized spacial score (nSPS) is 13.5. The smallest absolute Gasteiger partial charge is 0.151 e. The monoisotopic (exact) mass is 1600 g/mol. The van der Waals surface area contributed by atoms with Gasteiger partial charge in [0.2, 0.25) is 0 Å². The number of H-pyrrole nitrogens is 4. The number of benzene rings is 18. The molecule has 0 radical (unpaired) electrons. The zero-order chi connectivity index (χ0) is 82.7. The average Bonchev–Trinajstić information content (AvgIpc) is 0.872. The molecule has 4 aromatic heterocycles. The fourth-order valence-corrected chi connectivity index (χ4v) is 19.5. The van der Waals surface area contributed by atoms with Crippen molar-refractivity contribution in [2.45, 2.75) is 38.5 Å². The van der Waals surface area contributed by atoms with E-state index in [1.54, 1.807) is 0 Å². The van der Waals surface area contributed by atoms with Crippen molar-refractivity contribution in [2.75, 3.05) is 19.6 Å². The highest BCUT2D eigenvalue weighted by atomic mass is 16.5. The molecule has 0 amide bonds. The predicted molar refractivity (Wildman–Crippen MR) is 517 cm³/mol. The van der Waals surface area contributed by atoms with Gasteiger partial charge in [-0.3, -0.25) is 0 Å². The molecule has 0 unspecified atom stereocenters. The van der Waals surface area contributed by atoms with Crippen LogP contribution in [0.5, 0.6) is 23.0 Å². The second-order valence-electron chi connectivity index (χ2n) is 33.5. The van der Waals surface area contributed by atoms with E-state index >= 15 is 0 Å². The molecule has 0 atom stereocenters. The van der Waals surface area contributed by atoms with Crippen LogP contribution < -0.4 is 29.1 Å². The number of nitrogens with one attached hydrogen (secondary N) is 4. The summed E-state index contributed by atoms with van der Waals surface area (Å²) in [6.07, 6.45) is 0. The number of para-hydroxylation sites is 16. The van der Waals surface area contributed by atoms with Gasteiger partial charge in [-0.15, -0.1) is 0 Å². The van der Waals surface area contributed by atoms with Crippen LogP contribution in [0.25, 0.3) is 109 Å². The van der Waals surface area contributed by atoms with Gasteiger partial charge in [-0.25, -0.2) is 0 Å². The maximum Gasteiger partial charge on any atom is 0.151 e. The molecule has 26 rings (SSSR count). The second-order valence-corrected chi connectivity index (χ2v) is 33.5. The highest BCUT2D eigenvalue weighted by Gasteiger charge is 2.39. The summed E-state index contributed by atoms with van der Waals surface area (Å²) in [4.78, 5) is 23.4. The number of ether oxygens (including phenoxy) is 2. The van der Waals surface area contributed by atoms with Crippen LogP contribution in [-0.4, -0.2) is 19.9 Å². The molecule has 4 N–H and O–H groups in total. The quantitative estimate of drug-likeness (QED) is 0.133. The lowest BCUT2D eigenvalue weighted by Crippen LogP contribution is -2.30. The predicted octanol–water partition coefficient (Wildman–Crippen LogP) is 32.0. The number of hydrogen-bond donors (Lipinski definition) is 4. The molecule has 0 aliphatic carbocycles. The Morgan fingerprint density at radius 2 is 0.387 bits per heavy atom. The highest BCUT2D eigenvalue weighted by molar-refractivity contribution is 6.12. The van der Waals surface area contributed by atoms with Gasteiger partial charge in [-0.05, 0) is 226 Å². The van der Waals surface area contributed by atoms with Crippen LogP contribution in [0.15, 0.2) is 413 Å². The van der Waals surface area contributed by atoms with Crippen molar-refractivity contribution in [3.8, 4) is 45.3 Å². The first-order valence-electron chi connectivity index (χ1n) is 42.5. The molecule has 0 saturated carbocycles. The van der Waals surface area contributed by atoms with Crippen LogP contribution in [0, 0.1) is 0 Å². The Morgan fingerprint density at radius 3 is 0.702 bits per heavy atom. The van der Waals surface area contributed by atoms with Crippen molar-refractivity contribution in [1.82, 2.24) is 19.9 Å². The average molecular weight is 1600 g/mol. The maximum absolute atomic E-state index is 6.15.